The molecule has 0 N–H and O–H groups in total. The Morgan fingerprint density at radius 3 is 1.96 bits per heavy atom. The Kier molecular flexibility index (Phi) is 5.71. The van der Waals surface area contributed by atoms with Crippen LogP contribution in [0, 0.1) is 20.8 Å². The van der Waals surface area contributed by atoms with Gasteiger partial charge in [-0.25, -0.2) is 0 Å². The minimum atomic E-state index is 0.118. The lowest BCUT2D eigenvalue weighted by atomic mass is 9.33. The molecule has 1 heterocycles. The van der Waals surface area contributed by atoms with Gasteiger partial charge in [0.1, 0.15) is 0 Å². The van der Waals surface area contributed by atoms with Gasteiger partial charge in [0.15, 0.2) is 0 Å². The summed E-state index contributed by atoms with van der Waals surface area (Å²) in [6.07, 6.45) is 0. The number of benzene rings is 8. The van der Waals surface area contributed by atoms with Crippen molar-refractivity contribution < 1.29 is 0 Å². The molecule has 0 radical (unpaired) electrons. The summed E-state index contributed by atoms with van der Waals surface area (Å²) in [6.45, 7) is 6.90. The fraction of sp³-hybridized carbons (Fsp3) is 0.0698. The van der Waals surface area contributed by atoms with Crippen LogP contribution < -0.4 is 21.3 Å². The quantitative estimate of drug-likeness (QED) is 0.150. The number of nitrogens with zero attached hydrogens (tertiary/aromatic N) is 1. The standard InChI is InChI=1S/C43H32BN/c1-27-23-28(2)42(29(3)24-27)44-37-17-7-8-18-39(37)45(35-16-10-15-33(25-35)30-11-5-4-6-12-30)43-36-22-21-32-14-9-13-31-19-20-34(26-38(43)44)41(36)40(31)32/h4-26H,1-3H3. The average molecular weight is 574 g/mol. The molecule has 0 atom stereocenters. The van der Waals surface area contributed by atoms with Gasteiger partial charge >= 0.3 is 0 Å². The monoisotopic (exact) mass is 573 g/mol. The van der Waals surface area contributed by atoms with Crippen molar-refractivity contribution in [3.8, 4) is 11.1 Å². The Hall–Kier alpha value is -5.34. The fourth-order valence-electron chi connectivity index (χ4n) is 8.19. The lowest BCUT2D eigenvalue weighted by molar-refractivity contribution is 1.30. The summed E-state index contributed by atoms with van der Waals surface area (Å²) in [6, 6.07) is 52.0. The normalized spacial score (nSPS) is 12.7. The molecule has 0 saturated heterocycles. The Balaban J connectivity index is 1.43. The van der Waals surface area contributed by atoms with E-state index in [1.807, 2.05) is 0 Å². The zero-order valence-corrected chi connectivity index (χ0v) is 25.8. The predicted molar refractivity (Wildman–Crippen MR) is 196 cm³/mol. The van der Waals surface area contributed by atoms with E-state index in [0.717, 1.165) is 0 Å². The highest BCUT2D eigenvalue weighted by Gasteiger charge is 2.38. The first-order chi connectivity index (χ1) is 22.1. The van der Waals surface area contributed by atoms with Crippen LogP contribution in [0.25, 0.3) is 43.4 Å². The lowest BCUT2D eigenvalue weighted by Gasteiger charge is -2.39. The average Bonchev–Trinajstić information content (AvgIpc) is 3.07. The molecule has 0 spiro atoms. The van der Waals surface area contributed by atoms with E-state index in [1.165, 1.54) is 93.6 Å². The maximum atomic E-state index is 2.54. The van der Waals surface area contributed by atoms with Crippen molar-refractivity contribution in [2.24, 2.45) is 0 Å². The van der Waals surface area contributed by atoms with E-state index >= 15 is 0 Å². The molecule has 8 aromatic carbocycles. The first-order valence-electron chi connectivity index (χ1n) is 15.9. The minimum absolute atomic E-state index is 0.118. The van der Waals surface area contributed by atoms with Gasteiger partial charge < -0.3 is 4.90 Å². The highest BCUT2D eigenvalue weighted by molar-refractivity contribution is 6.98. The summed E-state index contributed by atoms with van der Waals surface area (Å²) in [7, 11) is 0. The van der Waals surface area contributed by atoms with Crippen LogP contribution in [0.2, 0.25) is 0 Å². The summed E-state index contributed by atoms with van der Waals surface area (Å²) in [4.78, 5) is 2.54. The Morgan fingerprint density at radius 2 is 1.16 bits per heavy atom. The van der Waals surface area contributed by atoms with Crippen LogP contribution in [0.4, 0.5) is 17.1 Å². The molecule has 1 aliphatic rings. The molecule has 0 aromatic heterocycles. The Labute approximate surface area is 264 Å². The van der Waals surface area contributed by atoms with Crippen molar-refractivity contribution >= 4 is 72.5 Å². The number of para-hydroxylation sites is 1. The number of anilines is 3. The highest BCUT2D eigenvalue weighted by Crippen LogP contribution is 2.45. The van der Waals surface area contributed by atoms with Crippen LogP contribution in [0.15, 0.2) is 140 Å². The third kappa shape index (κ3) is 3.89. The summed E-state index contributed by atoms with van der Waals surface area (Å²) >= 11 is 0. The first kappa shape index (κ1) is 26.1. The SMILES string of the molecule is Cc1cc(C)c(B2c3ccccc3N(c3cccc(-c4ccccc4)c3)c3c2cc2ccc4cccc5ccc3c2c45)c(C)c1. The molecule has 212 valence electrons. The van der Waals surface area contributed by atoms with Crippen LogP contribution in [0.3, 0.4) is 0 Å². The molecule has 0 fully saturated rings. The molecule has 8 aromatic rings. The zero-order chi connectivity index (χ0) is 30.2. The smallest absolute Gasteiger partial charge is 0.247 e. The van der Waals surface area contributed by atoms with Gasteiger partial charge in [0.2, 0.25) is 6.71 Å². The molecule has 1 nitrogen and oxygen atoms in total. The van der Waals surface area contributed by atoms with Crippen LogP contribution in [0.1, 0.15) is 16.7 Å². The van der Waals surface area contributed by atoms with E-state index in [1.54, 1.807) is 0 Å². The van der Waals surface area contributed by atoms with Crippen LogP contribution in [-0.4, -0.2) is 6.71 Å². The van der Waals surface area contributed by atoms with Gasteiger partial charge in [0, 0.05) is 22.4 Å². The number of aryl methyl sites for hydroxylation is 3. The molecule has 0 aliphatic carbocycles. The second-order valence-electron chi connectivity index (χ2n) is 12.7. The molecule has 9 rings (SSSR count). The van der Waals surface area contributed by atoms with Crippen LogP contribution in [-0.2, 0) is 0 Å². The zero-order valence-electron chi connectivity index (χ0n) is 25.8. The van der Waals surface area contributed by atoms with E-state index in [2.05, 4.69) is 165 Å². The highest BCUT2D eigenvalue weighted by atomic mass is 15.2. The Morgan fingerprint density at radius 1 is 0.489 bits per heavy atom. The lowest BCUT2D eigenvalue weighted by Crippen LogP contribution is -2.58. The Bertz CT molecular complexity index is 2380. The van der Waals surface area contributed by atoms with Crippen LogP contribution >= 0.6 is 0 Å². The van der Waals surface area contributed by atoms with E-state index in [0.29, 0.717) is 0 Å². The number of hydrogen-bond acceptors (Lipinski definition) is 1. The van der Waals surface area contributed by atoms with Gasteiger partial charge in [-0.3, -0.25) is 0 Å². The summed E-state index contributed by atoms with van der Waals surface area (Å²) < 4.78 is 0. The molecule has 0 bridgehead atoms. The molecule has 1 aliphatic heterocycles. The largest absolute Gasteiger partial charge is 0.311 e. The number of hydrogen-bond donors (Lipinski definition) is 0. The molecule has 0 amide bonds. The fourth-order valence-corrected chi connectivity index (χ4v) is 8.19. The van der Waals surface area contributed by atoms with Crippen molar-refractivity contribution in [2.75, 3.05) is 4.90 Å². The van der Waals surface area contributed by atoms with E-state index in [9.17, 15) is 0 Å². The second-order valence-corrected chi connectivity index (χ2v) is 12.7. The number of rotatable bonds is 3. The van der Waals surface area contributed by atoms with E-state index < -0.39 is 0 Å². The molecule has 0 saturated carbocycles. The van der Waals surface area contributed by atoms with Gasteiger partial charge in [0.05, 0.1) is 0 Å². The summed E-state index contributed by atoms with van der Waals surface area (Å²) in [5, 5.41) is 7.90. The summed E-state index contributed by atoms with van der Waals surface area (Å²) in [5.74, 6) is 0. The van der Waals surface area contributed by atoms with Crippen molar-refractivity contribution in [3.63, 3.8) is 0 Å². The van der Waals surface area contributed by atoms with E-state index in [4.69, 9.17) is 0 Å². The third-order valence-corrected chi connectivity index (χ3v) is 9.91. The predicted octanol–water partition coefficient (Wildman–Crippen LogP) is 9.48. The van der Waals surface area contributed by atoms with Gasteiger partial charge in [0.25, 0.3) is 0 Å². The van der Waals surface area contributed by atoms with Crippen molar-refractivity contribution in [2.45, 2.75) is 20.8 Å². The van der Waals surface area contributed by atoms with Gasteiger partial charge in [-0.05, 0) is 88.0 Å². The molecular formula is C43H32BN. The first-order valence-corrected chi connectivity index (χ1v) is 15.9. The minimum Gasteiger partial charge on any atom is -0.311 e. The van der Waals surface area contributed by atoms with Crippen molar-refractivity contribution in [1.82, 2.24) is 0 Å². The molecule has 2 heteroatoms. The maximum absolute atomic E-state index is 2.54. The van der Waals surface area contributed by atoms with E-state index in [-0.39, 0.29) is 6.71 Å². The maximum Gasteiger partial charge on any atom is 0.247 e. The molecule has 45 heavy (non-hydrogen) atoms. The third-order valence-electron chi connectivity index (χ3n) is 9.91. The summed E-state index contributed by atoms with van der Waals surface area (Å²) in [5.41, 5.74) is 14.3. The van der Waals surface area contributed by atoms with Gasteiger partial charge in [-0.15, -0.1) is 0 Å². The van der Waals surface area contributed by atoms with Gasteiger partial charge in [-0.2, -0.15) is 0 Å². The van der Waals surface area contributed by atoms with Crippen LogP contribution in [0.5, 0.6) is 0 Å². The van der Waals surface area contributed by atoms with Crippen molar-refractivity contribution in [1.29, 1.82) is 0 Å². The molecule has 0 unspecified atom stereocenters. The van der Waals surface area contributed by atoms with Crippen molar-refractivity contribution in [3.05, 3.63) is 156 Å². The van der Waals surface area contributed by atoms with Gasteiger partial charge in [-0.1, -0.05) is 143 Å². The topological polar surface area (TPSA) is 3.24 Å². The second kappa shape index (κ2) is 9.84. The molecular weight excluding hydrogens is 541 g/mol. The number of fused-ring (bicyclic) bond motifs is 3.